The third-order valence-electron chi connectivity index (χ3n) is 4.41. The number of terminal acetylenes is 1. The summed E-state index contributed by atoms with van der Waals surface area (Å²) in [6.45, 7) is 4.64. The largest absolute Gasteiger partial charge is 0.528 e. The first-order valence-electron chi connectivity index (χ1n) is 7.99. The predicted molar refractivity (Wildman–Crippen MR) is 103 cm³/mol. The Balaban J connectivity index is 2.24. The van der Waals surface area contributed by atoms with Crippen LogP contribution in [-0.2, 0) is 17.7 Å². The molecule has 0 atom stereocenters. The fourth-order valence-electron chi connectivity index (χ4n) is 3.48. The molecule has 0 saturated heterocycles. The molecule has 2 aromatic rings. The fraction of sp³-hybridized carbons (Fsp3) is 0.316. The molecule has 0 saturated carbocycles. The van der Waals surface area contributed by atoms with E-state index >= 15 is 0 Å². The van der Waals surface area contributed by atoms with Crippen molar-refractivity contribution in [2.24, 2.45) is 0 Å². The molecule has 0 fully saturated rings. The normalized spacial score (nSPS) is 13.0. The maximum absolute atomic E-state index is 11.8. The Labute approximate surface area is 160 Å². The summed E-state index contributed by atoms with van der Waals surface area (Å²) in [7, 11) is 0. The van der Waals surface area contributed by atoms with Gasteiger partial charge >= 0.3 is 6.16 Å². The Hall–Kier alpha value is -2.14. The van der Waals surface area contributed by atoms with Gasteiger partial charge in [0.2, 0.25) is 5.88 Å². The van der Waals surface area contributed by atoms with Gasteiger partial charge in [0.15, 0.2) is 5.75 Å². The Kier molecular flexibility index (Phi) is 4.95. The maximum atomic E-state index is 11.8. The number of aryl methyl sites for hydroxylation is 2. The molecular formula is C19H18INO4. The van der Waals surface area contributed by atoms with Gasteiger partial charge < -0.3 is 19.1 Å². The summed E-state index contributed by atoms with van der Waals surface area (Å²) in [4.78, 5) is 11.8. The highest BCUT2D eigenvalue weighted by Crippen LogP contribution is 2.47. The van der Waals surface area contributed by atoms with Gasteiger partial charge in [0.1, 0.15) is 6.11 Å². The lowest BCUT2D eigenvalue weighted by molar-refractivity contribution is 0.142. The van der Waals surface area contributed by atoms with E-state index in [1.807, 2.05) is 36.7 Å². The van der Waals surface area contributed by atoms with Crippen molar-refractivity contribution in [1.29, 1.82) is 0 Å². The van der Waals surface area contributed by atoms with Crippen LogP contribution in [0.5, 0.6) is 11.6 Å². The third-order valence-corrected chi connectivity index (χ3v) is 5.04. The minimum absolute atomic E-state index is 0.116. The van der Waals surface area contributed by atoms with Gasteiger partial charge in [0.25, 0.3) is 0 Å². The number of aromatic nitrogens is 1. The molecule has 25 heavy (non-hydrogen) atoms. The van der Waals surface area contributed by atoms with E-state index in [1.54, 1.807) is 0 Å². The molecule has 2 heterocycles. The highest BCUT2D eigenvalue weighted by Gasteiger charge is 2.30. The van der Waals surface area contributed by atoms with Crippen LogP contribution in [0.2, 0.25) is 0 Å². The van der Waals surface area contributed by atoms with Gasteiger partial charge in [-0.2, -0.15) is 0 Å². The Morgan fingerprint density at radius 2 is 1.96 bits per heavy atom. The number of rotatable bonds is 2. The summed E-state index contributed by atoms with van der Waals surface area (Å²) in [5.41, 5.74) is 4.18. The molecule has 3 rings (SSSR count). The second-order valence-electron chi connectivity index (χ2n) is 6.07. The van der Waals surface area contributed by atoms with Crippen molar-refractivity contribution >= 4 is 28.7 Å². The van der Waals surface area contributed by atoms with Gasteiger partial charge in [-0.3, -0.25) is 0 Å². The maximum Gasteiger partial charge on any atom is 0.528 e. The highest BCUT2D eigenvalue weighted by molar-refractivity contribution is 14.1. The average molecular weight is 451 g/mol. The summed E-state index contributed by atoms with van der Waals surface area (Å²) in [6, 6.07) is 4.06. The predicted octanol–water partition coefficient (Wildman–Crippen LogP) is 4.52. The molecular weight excluding hydrogens is 433 g/mol. The molecule has 6 heteroatoms. The molecule has 0 amide bonds. The molecule has 1 aliphatic heterocycles. The minimum Gasteiger partial charge on any atom is -0.494 e. The van der Waals surface area contributed by atoms with E-state index in [0.717, 1.165) is 38.8 Å². The van der Waals surface area contributed by atoms with Gasteiger partial charge in [-0.1, -0.05) is 6.42 Å². The van der Waals surface area contributed by atoms with Crippen molar-refractivity contribution in [3.63, 3.8) is 0 Å². The van der Waals surface area contributed by atoms with Crippen LogP contribution in [0.15, 0.2) is 12.1 Å². The van der Waals surface area contributed by atoms with Crippen LogP contribution in [0, 0.1) is 29.9 Å². The van der Waals surface area contributed by atoms with Crippen molar-refractivity contribution < 1.29 is 19.4 Å². The quantitative estimate of drug-likeness (QED) is 0.414. The summed E-state index contributed by atoms with van der Waals surface area (Å²) < 4.78 is 12.8. The van der Waals surface area contributed by atoms with Crippen LogP contribution < -0.4 is 4.74 Å². The smallest absolute Gasteiger partial charge is 0.494 e. The van der Waals surface area contributed by atoms with Gasteiger partial charge in [-0.15, -0.1) is 0 Å². The van der Waals surface area contributed by atoms with Crippen LogP contribution in [-0.4, -0.2) is 15.8 Å². The lowest BCUT2D eigenvalue weighted by Crippen LogP contribution is -2.13. The molecule has 1 aromatic carbocycles. The van der Waals surface area contributed by atoms with Gasteiger partial charge in [-0.05, 0) is 84.5 Å². The topological polar surface area (TPSA) is 60.7 Å². The van der Waals surface area contributed by atoms with Gasteiger partial charge in [-0.25, -0.2) is 4.79 Å². The molecule has 0 radical (unpaired) electrons. The Morgan fingerprint density at radius 1 is 1.28 bits per heavy atom. The van der Waals surface area contributed by atoms with Gasteiger partial charge in [0.05, 0.1) is 11.3 Å². The first kappa shape index (κ1) is 17.7. The van der Waals surface area contributed by atoms with Crippen LogP contribution in [0.1, 0.15) is 29.7 Å². The van der Waals surface area contributed by atoms with E-state index in [0.29, 0.717) is 24.3 Å². The van der Waals surface area contributed by atoms with Crippen LogP contribution >= 0.6 is 22.6 Å². The summed E-state index contributed by atoms with van der Waals surface area (Å²) in [5, 5.41) is 10.9. The number of fused-ring (bicyclic) bond motifs is 1. The number of benzene rings is 1. The SMILES string of the molecule is C#COC(=O)Oc1c(-c2c(C)cc(I)cc2C)c(O)n2c1CCCC2. The van der Waals surface area contributed by atoms with E-state index < -0.39 is 6.16 Å². The Morgan fingerprint density at radius 3 is 2.60 bits per heavy atom. The van der Waals surface area contributed by atoms with Crippen molar-refractivity contribution in [1.82, 2.24) is 4.57 Å². The van der Waals surface area contributed by atoms with Crippen molar-refractivity contribution in [3.8, 4) is 35.3 Å². The lowest BCUT2D eigenvalue weighted by atomic mass is 9.96. The average Bonchev–Trinajstić information content (AvgIpc) is 2.81. The van der Waals surface area contributed by atoms with E-state index in [1.165, 1.54) is 0 Å². The fourth-order valence-corrected chi connectivity index (χ4v) is 4.41. The first-order chi connectivity index (χ1) is 11.9. The zero-order valence-corrected chi connectivity index (χ0v) is 16.2. The van der Waals surface area contributed by atoms with Crippen LogP contribution in [0.4, 0.5) is 4.79 Å². The number of carbonyl (C=O) groups is 1. The van der Waals surface area contributed by atoms with Crippen LogP contribution in [0.25, 0.3) is 11.1 Å². The number of ether oxygens (including phenoxy) is 2. The minimum atomic E-state index is -0.969. The third kappa shape index (κ3) is 3.21. The highest BCUT2D eigenvalue weighted by atomic mass is 127. The van der Waals surface area contributed by atoms with Crippen LogP contribution in [0.3, 0.4) is 0 Å². The molecule has 0 unspecified atom stereocenters. The molecule has 1 aromatic heterocycles. The second kappa shape index (κ2) is 7.00. The molecule has 0 aliphatic carbocycles. The zero-order chi connectivity index (χ0) is 18.1. The van der Waals surface area contributed by atoms with Crippen molar-refractivity contribution in [2.75, 3.05) is 0 Å². The number of aromatic hydroxyl groups is 1. The summed E-state index contributed by atoms with van der Waals surface area (Å²) in [5.74, 6) is 0.454. The molecule has 130 valence electrons. The number of nitrogens with zero attached hydrogens (tertiary/aromatic N) is 1. The van der Waals surface area contributed by atoms with E-state index in [9.17, 15) is 9.90 Å². The molecule has 0 bridgehead atoms. The Bertz CT molecular complexity index is 869. The number of carbonyl (C=O) groups excluding carboxylic acids is 1. The molecule has 5 nitrogen and oxygen atoms in total. The molecule has 1 aliphatic rings. The number of halogens is 1. The lowest BCUT2D eigenvalue weighted by Gasteiger charge is -2.16. The first-order valence-corrected chi connectivity index (χ1v) is 9.07. The zero-order valence-electron chi connectivity index (χ0n) is 14.1. The van der Waals surface area contributed by atoms with E-state index in [4.69, 9.17) is 11.2 Å². The van der Waals surface area contributed by atoms with Crippen molar-refractivity contribution in [3.05, 3.63) is 32.5 Å². The van der Waals surface area contributed by atoms with E-state index in [-0.39, 0.29) is 5.88 Å². The summed E-state index contributed by atoms with van der Waals surface area (Å²) >= 11 is 2.26. The molecule has 0 spiro atoms. The second-order valence-corrected chi connectivity index (χ2v) is 7.32. The standard InChI is InChI=1S/C19H18INO4/c1-4-24-19(23)25-17-14-7-5-6-8-21(14)18(22)16(17)15-11(2)9-13(20)10-12(15)3/h1,9-10,22H,5-8H2,2-3H3. The molecule has 1 N–H and O–H groups in total. The summed E-state index contributed by atoms with van der Waals surface area (Å²) in [6.07, 6.45) is 8.51. The number of hydrogen-bond acceptors (Lipinski definition) is 4. The number of hydrogen-bond donors (Lipinski definition) is 1. The monoisotopic (exact) mass is 451 g/mol. The van der Waals surface area contributed by atoms with E-state index in [2.05, 4.69) is 27.3 Å². The van der Waals surface area contributed by atoms with Crippen molar-refractivity contribution in [2.45, 2.75) is 39.7 Å². The van der Waals surface area contributed by atoms with Gasteiger partial charge in [0, 0.05) is 10.1 Å².